The van der Waals surface area contributed by atoms with Gasteiger partial charge in [-0.25, -0.2) is 0 Å². The van der Waals surface area contributed by atoms with Gasteiger partial charge in [-0.05, 0) is 18.8 Å². The first kappa shape index (κ1) is 14.4. The summed E-state index contributed by atoms with van der Waals surface area (Å²) >= 11 is 0. The van der Waals surface area contributed by atoms with Crippen molar-refractivity contribution in [2.24, 2.45) is 11.3 Å². The maximum Gasteiger partial charge on any atom is 0.228 e. The summed E-state index contributed by atoms with van der Waals surface area (Å²) in [7, 11) is 1.76. The Morgan fingerprint density at radius 1 is 1.33 bits per heavy atom. The maximum atomic E-state index is 12.3. The molecule has 0 aliphatic carbocycles. The number of aliphatic hydroxyl groups is 1. The highest BCUT2D eigenvalue weighted by Crippen LogP contribution is 2.36. The second kappa shape index (κ2) is 6.11. The summed E-state index contributed by atoms with van der Waals surface area (Å²) in [6.07, 6.45) is 1.71. The summed E-state index contributed by atoms with van der Waals surface area (Å²) < 4.78 is 0. The summed E-state index contributed by atoms with van der Waals surface area (Å²) in [4.78, 5) is 13.9. The van der Waals surface area contributed by atoms with E-state index in [1.165, 1.54) is 0 Å². The lowest BCUT2D eigenvalue weighted by atomic mass is 9.72. The van der Waals surface area contributed by atoms with Crippen LogP contribution in [0.4, 0.5) is 0 Å². The number of amides is 1. The average Bonchev–Trinajstić information content (AvgIpc) is 2.20. The quantitative estimate of drug-likeness (QED) is 0.735. The Hall–Kier alpha value is -0.570. The third kappa shape index (κ3) is 2.94. The molecule has 1 N–H and O–H groups in total. The molecule has 90 valence electrons. The topological polar surface area (TPSA) is 40.5 Å². The number of carbonyl (C=O) groups is 1. The molecule has 0 radical (unpaired) electrons. The molecular weight excluding hydrogens is 190 g/mol. The summed E-state index contributed by atoms with van der Waals surface area (Å²) in [6.45, 7) is 8.77. The van der Waals surface area contributed by atoms with E-state index in [0.29, 0.717) is 12.5 Å². The van der Waals surface area contributed by atoms with Crippen LogP contribution in [0.15, 0.2) is 0 Å². The Kier molecular flexibility index (Phi) is 5.88. The Balaban J connectivity index is 4.84. The van der Waals surface area contributed by atoms with E-state index in [-0.39, 0.29) is 17.9 Å². The monoisotopic (exact) mass is 215 g/mol. The van der Waals surface area contributed by atoms with E-state index >= 15 is 0 Å². The number of hydrogen-bond acceptors (Lipinski definition) is 2. The van der Waals surface area contributed by atoms with Crippen LogP contribution in [0.3, 0.4) is 0 Å². The normalized spacial score (nSPS) is 11.9. The molecule has 0 unspecified atom stereocenters. The third-order valence-electron chi connectivity index (χ3n) is 3.58. The highest BCUT2D eigenvalue weighted by atomic mass is 16.3. The molecule has 0 aliphatic rings. The second-order valence-corrected chi connectivity index (χ2v) is 4.47. The summed E-state index contributed by atoms with van der Waals surface area (Å²) in [5.41, 5.74) is -0.260. The van der Waals surface area contributed by atoms with E-state index in [0.717, 1.165) is 12.8 Å². The SMILES string of the molecule is CCC(CC)(C(=O)N(C)CCO)C(C)C. The molecule has 3 heteroatoms. The maximum absolute atomic E-state index is 12.3. The number of aliphatic hydroxyl groups excluding tert-OH is 1. The van der Waals surface area contributed by atoms with Crippen molar-refractivity contribution >= 4 is 5.91 Å². The van der Waals surface area contributed by atoms with Gasteiger partial charge in [-0.3, -0.25) is 4.79 Å². The standard InChI is InChI=1S/C12H25NO2/c1-6-12(7-2,10(3)4)11(15)13(5)8-9-14/h10,14H,6-9H2,1-5H3. The fraction of sp³-hybridized carbons (Fsp3) is 0.917. The lowest BCUT2D eigenvalue weighted by Gasteiger charge is -2.37. The number of nitrogens with zero attached hydrogens (tertiary/aromatic N) is 1. The average molecular weight is 215 g/mol. The van der Waals surface area contributed by atoms with Crippen LogP contribution in [0.5, 0.6) is 0 Å². The zero-order valence-electron chi connectivity index (χ0n) is 10.7. The van der Waals surface area contributed by atoms with Crippen molar-refractivity contribution in [3.8, 4) is 0 Å². The Bertz CT molecular complexity index is 198. The van der Waals surface area contributed by atoms with Crippen LogP contribution in [0.25, 0.3) is 0 Å². The summed E-state index contributed by atoms with van der Waals surface area (Å²) in [6, 6.07) is 0. The third-order valence-corrected chi connectivity index (χ3v) is 3.58. The van der Waals surface area contributed by atoms with Crippen LogP contribution < -0.4 is 0 Å². The first-order chi connectivity index (χ1) is 6.96. The van der Waals surface area contributed by atoms with Crippen molar-refractivity contribution in [3.05, 3.63) is 0 Å². The van der Waals surface area contributed by atoms with Crippen molar-refractivity contribution < 1.29 is 9.90 Å². The molecule has 0 rings (SSSR count). The molecule has 1 amide bonds. The fourth-order valence-electron chi connectivity index (χ4n) is 2.25. The smallest absolute Gasteiger partial charge is 0.228 e. The van der Waals surface area contributed by atoms with Crippen LogP contribution in [-0.4, -0.2) is 36.1 Å². The molecule has 0 aromatic rings. The van der Waals surface area contributed by atoms with Crippen molar-refractivity contribution in [1.82, 2.24) is 4.90 Å². The lowest BCUT2D eigenvalue weighted by molar-refractivity contribution is -0.144. The minimum Gasteiger partial charge on any atom is -0.395 e. The van der Waals surface area contributed by atoms with E-state index in [2.05, 4.69) is 27.7 Å². The van der Waals surface area contributed by atoms with Gasteiger partial charge in [0.25, 0.3) is 0 Å². The van der Waals surface area contributed by atoms with Gasteiger partial charge in [0, 0.05) is 13.6 Å². The molecular formula is C12H25NO2. The molecule has 15 heavy (non-hydrogen) atoms. The highest BCUT2D eigenvalue weighted by Gasteiger charge is 2.39. The molecule has 0 bridgehead atoms. The second-order valence-electron chi connectivity index (χ2n) is 4.47. The minimum atomic E-state index is -0.260. The zero-order chi connectivity index (χ0) is 12.1. The van der Waals surface area contributed by atoms with E-state index < -0.39 is 0 Å². The van der Waals surface area contributed by atoms with E-state index in [1.807, 2.05) is 0 Å². The van der Waals surface area contributed by atoms with Gasteiger partial charge in [-0.2, -0.15) is 0 Å². The number of carbonyl (C=O) groups excluding carboxylic acids is 1. The molecule has 0 saturated carbocycles. The molecule has 0 heterocycles. The van der Waals surface area contributed by atoms with Gasteiger partial charge >= 0.3 is 0 Å². The minimum absolute atomic E-state index is 0.0316. The van der Waals surface area contributed by atoms with Gasteiger partial charge in [0.05, 0.1) is 12.0 Å². The molecule has 0 aromatic heterocycles. The number of hydrogen-bond donors (Lipinski definition) is 1. The Morgan fingerprint density at radius 2 is 1.80 bits per heavy atom. The summed E-state index contributed by atoms with van der Waals surface area (Å²) in [5, 5.41) is 8.84. The highest BCUT2D eigenvalue weighted by molar-refractivity contribution is 5.82. The Morgan fingerprint density at radius 3 is 2.07 bits per heavy atom. The van der Waals surface area contributed by atoms with Gasteiger partial charge in [-0.1, -0.05) is 27.7 Å². The number of rotatable bonds is 6. The van der Waals surface area contributed by atoms with Crippen LogP contribution >= 0.6 is 0 Å². The largest absolute Gasteiger partial charge is 0.395 e. The molecule has 0 aliphatic heterocycles. The Labute approximate surface area is 93.5 Å². The van der Waals surface area contributed by atoms with Gasteiger partial charge in [0.15, 0.2) is 0 Å². The van der Waals surface area contributed by atoms with Gasteiger partial charge in [0.1, 0.15) is 0 Å². The van der Waals surface area contributed by atoms with Crippen LogP contribution in [0.1, 0.15) is 40.5 Å². The lowest BCUT2D eigenvalue weighted by Crippen LogP contribution is -2.45. The van der Waals surface area contributed by atoms with Crippen molar-refractivity contribution in [2.75, 3.05) is 20.2 Å². The fourth-order valence-corrected chi connectivity index (χ4v) is 2.25. The van der Waals surface area contributed by atoms with Gasteiger partial charge in [0.2, 0.25) is 5.91 Å². The predicted molar refractivity (Wildman–Crippen MR) is 62.6 cm³/mol. The molecule has 0 saturated heterocycles. The zero-order valence-corrected chi connectivity index (χ0v) is 10.7. The van der Waals surface area contributed by atoms with E-state index in [9.17, 15) is 4.79 Å². The molecule has 0 aromatic carbocycles. The molecule has 0 fully saturated rings. The van der Waals surface area contributed by atoms with Gasteiger partial charge in [-0.15, -0.1) is 0 Å². The van der Waals surface area contributed by atoms with E-state index in [4.69, 9.17) is 5.11 Å². The van der Waals surface area contributed by atoms with Crippen LogP contribution in [0, 0.1) is 11.3 Å². The first-order valence-electron chi connectivity index (χ1n) is 5.82. The van der Waals surface area contributed by atoms with Gasteiger partial charge < -0.3 is 10.0 Å². The van der Waals surface area contributed by atoms with Crippen molar-refractivity contribution in [1.29, 1.82) is 0 Å². The van der Waals surface area contributed by atoms with Crippen molar-refractivity contribution in [3.63, 3.8) is 0 Å². The van der Waals surface area contributed by atoms with E-state index in [1.54, 1.807) is 11.9 Å². The van der Waals surface area contributed by atoms with Crippen LogP contribution in [0.2, 0.25) is 0 Å². The number of likely N-dealkylation sites (N-methyl/N-ethyl adjacent to an activating group) is 1. The predicted octanol–water partition coefficient (Wildman–Crippen LogP) is 1.90. The first-order valence-corrected chi connectivity index (χ1v) is 5.82. The molecule has 3 nitrogen and oxygen atoms in total. The van der Waals surface area contributed by atoms with Crippen LogP contribution in [-0.2, 0) is 4.79 Å². The summed E-state index contributed by atoms with van der Waals surface area (Å²) in [5.74, 6) is 0.498. The molecule has 0 atom stereocenters. The molecule has 0 spiro atoms. The van der Waals surface area contributed by atoms with Crippen molar-refractivity contribution in [2.45, 2.75) is 40.5 Å².